The molecule has 1 N–H and O–H groups in total. The number of para-hydroxylation sites is 1. The van der Waals surface area contributed by atoms with Crippen LogP contribution in [0.25, 0.3) is 10.9 Å². The summed E-state index contributed by atoms with van der Waals surface area (Å²) in [5.41, 5.74) is 4.04. The number of pyridine rings is 1. The van der Waals surface area contributed by atoms with Crippen molar-refractivity contribution in [3.05, 3.63) is 69.8 Å². The number of fused-ring (bicyclic) bond motifs is 2. The Kier molecular flexibility index (Phi) is 6.33. The van der Waals surface area contributed by atoms with Crippen molar-refractivity contribution in [2.24, 2.45) is 11.3 Å². The largest absolute Gasteiger partial charge is 0.452 e. The van der Waals surface area contributed by atoms with Gasteiger partial charge in [0.25, 0.3) is 5.91 Å². The van der Waals surface area contributed by atoms with E-state index in [0.717, 1.165) is 45.9 Å². The number of carbonyl (C=O) groups excluding carboxylic acids is 2. The van der Waals surface area contributed by atoms with Crippen molar-refractivity contribution in [2.45, 2.75) is 40.0 Å². The molecule has 3 aromatic rings. The van der Waals surface area contributed by atoms with E-state index in [0.29, 0.717) is 17.2 Å². The number of ether oxygens (including phenoxy) is 1. The molecule has 0 radical (unpaired) electrons. The summed E-state index contributed by atoms with van der Waals surface area (Å²) in [4.78, 5) is 30.5. The molecule has 0 spiro atoms. The number of aryl methyl sites for hydroxylation is 1. The molecule has 0 unspecified atom stereocenters. The Hall–Kier alpha value is -2.73. The Morgan fingerprint density at radius 3 is 2.69 bits per heavy atom. The summed E-state index contributed by atoms with van der Waals surface area (Å²) in [6.45, 7) is 6.36. The Labute approximate surface area is 196 Å². The number of rotatable bonds is 4. The lowest BCUT2D eigenvalue weighted by molar-refractivity contribution is -0.119. The number of aromatic nitrogens is 1. The summed E-state index contributed by atoms with van der Waals surface area (Å²) in [5, 5.41) is 3.53. The molecule has 2 aromatic carbocycles. The lowest BCUT2D eigenvalue weighted by atomic mass is 9.70. The van der Waals surface area contributed by atoms with Crippen LogP contribution >= 0.6 is 15.9 Å². The maximum absolute atomic E-state index is 13.3. The quantitative estimate of drug-likeness (QED) is 0.455. The van der Waals surface area contributed by atoms with Gasteiger partial charge in [-0.25, -0.2) is 4.79 Å². The summed E-state index contributed by atoms with van der Waals surface area (Å²) in [5.74, 6) is -0.403. The van der Waals surface area contributed by atoms with Gasteiger partial charge in [-0.05, 0) is 60.4 Å². The SMILES string of the molecule is CC(C)(C)[C@@H]1CCc2nc3ccccc3c(C(=O)OCC(=O)Nc3cccc(Br)c3)c2C1. The van der Waals surface area contributed by atoms with Crippen LogP contribution < -0.4 is 5.32 Å². The van der Waals surface area contributed by atoms with Crippen LogP contribution in [0.2, 0.25) is 0 Å². The lowest BCUT2D eigenvalue weighted by Crippen LogP contribution is -2.29. The van der Waals surface area contributed by atoms with Crippen molar-refractivity contribution in [3.63, 3.8) is 0 Å². The number of carbonyl (C=O) groups is 2. The van der Waals surface area contributed by atoms with Crippen molar-refractivity contribution >= 4 is 44.4 Å². The van der Waals surface area contributed by atoms with Gasteiger partial charge in [-0.2, -0.15) is 0 Å². The molecule has 1 heterocycles. The summed E-state index contributed by atoms with van der Waals surface area (Å²) >= 11 is 3.38. The molecule has 32 heavy (non-hydrogen) atoms. The highest BCUT2D eigenvalue weighted by molar-refractivity contribution is 9.10. The minimum Gasteiger partial charge on any atom is -0.452 e. The van der Waals surface area contributed by atoms with Crippen LogP contribution in [0.3, 0.4) is 0 Å². The van der Waals surface area contributed by atoms with E-state index in [9.17, 15) is 9.59 Å². The first-order chi connectivity index (χ1) is 15.2. The molecule has 1 atom stereocenters. The fourth-order valence-corrected chi connectivity index (χ4v) is 4.73. The summed E-state index contributed by atoms with van der Waals surface area (Å²) in [6.07, 6.45) is 2.67. The van der Waals surface area contributed by atoms with Gasteiger partial charge in [0, 0.05) is 21.2 Å². The van der Waals surface area contributed by atoms with Gasteiger partial charge in [0.1, 0.15) is 0 Å². The molecule has 1 aliphatic rings. The first-order valence-electron chi connectivity index (χ1n) is 10.9. The van der Waals surface area contributed by atoms with Crippen LogP contribution in [-0.4, -0.2) is 23.5 Å². The molecule has 0 saturated heterocycles. The molecule has 0 saturated carbocycles. The molecular formula is C26H27BrN2O3. The molecule has 166 valence electrons. The van der Waals surface area contributed by atoms with E-state index in [1.54, 1.807) is 12.1 Å². The van der Waals surface area contributed by atoms with E-state index >= 15 is 0 Å². The normalized spacial score (nSPS) is 15.8. The zero-order valence-corrected chi connectivity index (χ0v) is 20.2. The number of anilines is 1. The van der Waals surface area contributed by atoms with Crippen LogP contribution in [0.1, 0.15) is 48.8 Å². The maximum Gasteiger partial charge on any atom is 0.339 e. The second kappa shape index (κ2) is 9.02. The van der Waals surface area contributed by atoms with Crippen LogP contribution in [0.15, 0.2) is 53.0 Å². The highest BCUT2D eigenvalue weighted by Crippen LogP contribution is 2.39. The third kappa shape index (κ3) is 4.85. The van der Waals surface area contributed by atoms with Crippen molar-refractivity contribution in [2.75, 3.05) is 11.9 Å². The van der Waals surface area contributed by atoms with Gasteiger partial charge in [0.15, 0.2) is 6.61 Å². The number of amides is 1. The van der Waals surface area contributed by atoms with Crippen LogP contribution in [0.5, 0.6) is 0 Å². The number of nitrogens with zero attached hydrogens (tertiary/aromatic N) is 1. The topological polar surface area (TPSA) is 68.3 Å². The molecule has 0 fully saturated rings. The first-order valence-corrected chi connectivity index (χ1v) is 11.6. The van der Waals surface area contributed by atoms with Crippen molar-refractivity contribution in [1.82, 2.24) is 4.98 Å². The number of hydrogen-bond acceptors (Lipinski definition) is 4. The zero-order chi connectivity index (χ0) is 22.9. The van der Waals surface area contributed by atoms with Crippen LogP contribution in [0, 0.1) is 11.3 Å². The third-order valence-electron chi connectivity index (χ3n) is 6.13. The molecule has 0 bridgehead atoms. The highest BCUT2D eigenvalue weighted by Gasteiger charge is 2.33. The van der Waals surface area contributed by atoms with Gasteiger partial charge in [-0.1, -0.05) is 61.0 Å². The molecule has 1 amide bonds. The number of halogens is 1. The van der Waals surface area contributed by atoms with Crippen molar-refractivity contribution in [1.29, 1.82) is 0 Å². The minimum atomic E-state index is -0.473. The van der Waals surface area contributed by atoms with Crippen LogP contribution in [-0.2, 0) is 22.4 Å². The number of benzene rings is 2. The van der Waals surface area contributed by atoms with E-state index in [4.69, 9.17) is 9.72 Å². The lowest BCUT2D eigenvalue weighted by Gasteiger charge is -2.35. The Morgan fingerprint density at radius 2 is 1.94 bits per heavy atom. The molecule has 6 heteroatoms. The standard InChI is InChI=1S/C26H27BrN2O3/c1-26(2,3)16-11-12-22-20(13-16)24(19-9-4-5-10-21(19)29-22)25(31)32-15-23(30)28-18-8-6-7-17(27)14-18/h4-10,14,16H,11-13,15H2,1-3H3,(H,28,30)/t16-/m1/s1. The Bertz CT molecular complexity index is 1180. The van der Waals surface area contributed by atoms with E-state index in [-0.39, 0.29) is 17.9 Å². The molecule has 5 nitrogen and oxygen atoms in total. The molecule has 0 aliphatic heterocycles. The smallest absolute Gasteiger partial charge is 0.339 e. The van der Waals surface area contributed by atoms with E-state index in [2.05, 4.69) is 42.0 Å². The summed E-state index contributed by atoms with van der Waals surface area (Å²) in [6, 6.07) is 14.9. The fourth-order valence-electron chi connectivity index (χ4n) is 4.33. The fraction of sp³-hybridized carbons (Fsp3) is 0.346. The maximum atomic E-state index is 13.3. The number of hydrogen-bond donors (Lipinski definition) is 1. The van der Waals surface area contributed by atoms with Crippen molar-refractivity contribution in [3.8, 4) is 0 Å². The van der Waals surface area contributed by atoms with Gasteiger partial charge in [-0.15, -0.1) is 0 Å². The minimum absolute atomic E-state index is 0.133. The van der Waals surface area contributed by atoms with Gasteiger partial charge < -0.3 is 10.1 Å². The molecule has 1 aromatic heterocycles. The zero-order valence-electron chi connectivity index (χ0n) is 18.6. The van der Waals surface area contributed by atoms with Crippen LogP contribution in [0.4, 0.5) is 5.69 Å². The van der Waals surface area contributed by atoms with Gasteiger partial charge >= 0.3 is 5.97 Å². The second-order valence-corrected chi connectivity index (χ2v) is 10.3. The molecule has 4 rings (SSSR count). The predicted octanol–water partition coefficient (Wildman–Crippen LogP) is 5.94. The summed E-state index contributed by atoms with van der Waals surface area (Å²) in [7, 11) is 0. The van der Waals surface area contributed by atoms with E-state index in [1.807, 2.05) is 36.4 Å². The highest BCUT2D eigenvalue weighted by atomic mass is 79.9. The van der Waals surface area contributed by atoms with Gasteiger partial charge in [0.05, 0.1) is 11.1 Å². The Balaban J connectivity index is 1.60. The predicted molar refractivity (Wildman–Crippen MR) is 130 cm³/mol. The summed E-state index contributed by atoms with van der Waals surface area (Å²) < 4.78 is 6.35. The monoisotopic (exact) mass is 494 g/mol. The Morgan fingerprint density at radius 1 is 1.16 bits per heavy atom. The third-order valence-corrected chi connectivity index (χ3v) is 6.62. The van der Waals surface area contributed by atoms with E-state index < -0.39 is 5.97 Å². The second-order valence-electron chi connectivity index (χ2n) is 9.37. The molecular weight excluding hydrogens is 468 g/mol. The van der Waals surface area contributed by atoms with Gasteiger partial charge in [-0.3, -0.25) is 9.78 Å². The first kappa shape index (κ1) is 22.5. The number of nitrogens with one attached hydrogen (secondary N) is 1. The average molecular weight is 495 g/mol. The number of esters is 1. The molecule has 1 aliphatic carbocycles. The van der Waals surface area contributed by atoms with Crippen molar-refractivity contribution < 1.29 is 14.3 Å². The van der Waals surface area contributed by atoms with Gasteiger partial charge in [0.2, 0.25) is 0 Å². The average Bonchev–Trinajstić information content (AvgIpc) is 2.74. The van der Waals surface area contributed by atoms with E-state index in [1.165, 1.54) is 0 Å².